The Morgan fingerprint density at radius 1 is 1.50 bits per heavy atom. The smallest absolute Gasteiger partial charge is 0.330 e. The fourth-order valence-corrected chi connectivity index (χ4v) is 2.96. The summed E-state index contributed by atoms with van der Waals surface area (Å²) in [5.74, 6) is 1.26. The zero-order chi connectivity index (χ0) is 18.1. The first-order valence-electron chi connectivity index (χ1n) is 7.74. The van der Waals surface area contributed by atoms with Crippen molar-refractivity contribution in [3.63, 3.8) is 0 Å². The molecule has 0 spiro atoms. The van der Waals surface area contributed by atoms with Gasteiger partial charge in [-0.15, -0.1) is 6.42 Å². The Hall–Kier alpha value is -2.55. The molecule has 1 aliphatic carbocycles. The van der Waals surface area contributed by atoms with E-state index in [0.717, 1.165) is 10.5 Å². The van der Waals surface area contributed by atoms with Crippen molar-refractivity contribution in [2.24, 2.45) is 17.3 Å². The molecule has 128 valence electrons. The zero-order valence-corrected chi connectivity index (χ0v) is 14.2. The number of ether oxygens (including phenoxy) is 1. The highest BCUT2D eigenvalue weighted by Crippen LogP contribution is 2.59. The number of hydrogen-bond acceptors (Lipinski definition) is 4. The molecule has 0 aromatic rings. The molecule has 1 heterocycles. The zero-order valence-electron chi connectivity index (χ0n) is 14.2. The molecule has 3 amide bonds. The van der Waals surface area contributed by atoms with Crippen LogP contribution in [0.3, 0.4) is 0 Å². The van der Waals surface area contributed by atoms with Gasteiger partial charge in [0.25, 0.3) is 5.91 Å². The maximum Gasteiger partial charge on any atom is 0.330 e. The van der Waals surface area contributed by atoms with Crippen molar-refractivity contribution in [1.29, 1.82) is 0 Å². The van der Waals surface area contributed by atoms with Crippen LogP contribution in [0, 0.1) is 29.6 Å². The van der Waals surface area contributed by atoms with E-state index in [4.69, 9.17) is 11.2 Å². The maximum atomic E-state index is 12.3. The van der Waals surface area contributed by atoms with Crippen molar-refractivity contribution in [1.82, 2.24) is 9.80 Å². The number of terminal acetylenes is 1. The summed E-state index contributed by atoms with van der Waals surface area (Å²) in [7, 11) is 0. The molecule has 0 unspecified atom stereocenters. The van der Waals surface area contributed by atoms with Gasteiger partial charge in [-0.1, -0.05) is 44.1 Å². The molecular weight excluding hydrogens is 308 g/mol. The molecule has 0 radical (unpaired) electrons. The van der Waals surface area contributed by atoms with Crippen LogP contribution in [0.4, 0.5) is 4.79 Å². The summed E-state index contributed by atoms with van der Waals surface area (Å²) in [6.07, 6.45) is 8.89. The van der Waals surface area contributed by atoms with Crippen molar-refractivity contribution in [2.75, 3.05) is 19.8 Å². The summed E-state index contributed by atoms with van der Waals surface area (Å²) in [5, 5.41) is 0. The van der Waals surface area contributed by atoms with E-state index in [1.807, 2.05) is 26.8 Å². The average Bonchev–Trinajstić information content (AvgIpc) is 2.94. The highest BCUT2D eigenvalue weighted by molar-refractivity contribution is 6.02. The van der Waals surface area contributed by atoms with E-state index in [9.17, 15) is 14.4 Å². The Kier molecular flexibility index (Phi) is 4.83. The Balaban J connectivity index is 1.95. The minimum atomic E-state index is -0.528. The topological polar surface area (TPSA) is 66.9 Å². The maximum absolute atomic E-state index is 12.3. The number of nitrogens with zero attached hydrogens (tertiary/aromatic N) is 2. The Morgan fingerprint density at radius 3 is 2.75 bits per heavy atom. The van der Waals surface area contributed by atoms with E-state index in [2.05, 4.69) is 12.5 Å². The number of imide groups is 1. The van der Waals surface area contributed by atoms with Gasteiger partial charge < -0.3 is 9.64 Å². The van der Waals surface area contributed by atoms with Gasteiger partial charge in [0.05, 0.1) is 12.5 Å². The number of carbonyl (C=O) groups excluding carboxylic acids is 3. The largest absolute Gasteiger partial charge is 0.443 e. The quantitative estimate of drug-likeness (QED) is 0.322. The van der Waals surface area contributed by atoms with Gasteiger partial charge in [-0.2, -0.15) is 0 Å². The van der Waals surface area contributed by atoms with Crippen molar-refractivity contribution in [2.45, 2.75) is 20.8 Å². The summed E-state index contributed by atoms with van der Waals surface area (Å²) in [5.41, 5.74) is 0.786. The van der Waals surface area contributed by atoms with Crippen LogP contribution in [0.5, 0.6) is 0 Å². The third-order valence-electron chi connectivity index (χ3n) is 4.68. The number of urea groups is 1. The summed E-state index contributed by atoms with van der Waals surface area (Å²) in [6.45, 7) is 9.19. The van der Waals surface area contributed by atoms with Crippen molar-refractivity contribution >= 4 is 17.9 Å². The molecule has 1 saturated heterocycles. The third-order valence-corrected chi connectivity index (χ3v) is 4.68. The van der Waals surface area contributed by atoms with Crippen LogP contribution in [0.25, 0.3) is 0 Å². The third kappa shape index (κ3) is 3.21. The summed E-state index contributed by atoms with van der Waals surface area (Å²) in [4.78, 5) is 38.3. The van der Waals surface area contributed by atoms with Gasteiger partial charge in [-0.05, 0) is 18.3 Å². The number of esters is 1. The molecule has 24 heavy (non-hydrogen) atoms. The second kappa shape index (κ2) is 6.52. The summed E-state index contributed by atoms with van der Waals surface area (Å²) < 4.78 is 5.21. The first-order valence-corrected chi connectivity index (χ1v) is 7.74. The second-order valence-electron chi connectivity index (χ2n) is 6.70. The van der Waals surface area contributed by atoms with Gasteiger partial charge >= 0.3 is 12.0 Å². The number of carbonyl (C=O) groups is 3. The number of rotatable bonds is 6. The van der Waals surface area contributed by atoms with Crippen LogP contribution >= 0.6 is 0 Å². The molecular formula is C18H22N2O4. The van der Waals surface area contributed by atoms with Gasteiger partial charge in [0.2, 0.25) is 0 Å². The monoisotopic (exact) mass is 330 g/mol. The molecule has 6 heteroatoms. The van der Waals surface area contributed by atoms with E-state index >= 15 is 0 Å². The molecule has 6 nitrogen and oxygen atoms in total. The lowest BCUT2D eigenvalue weighted by atomic mass is 10.1. The molecule has 2 rings (SSSR count). The lowest BCUT2D eigenvalue weighted by molar-refractivity contribution is -0.151. The molecule has 2 atom stereocenters. The minimum Gasteiger partial charge on any atom is -0.443 e. The predicted octanol–water partition coefficient (Wildman–Crippen LogP) is 1.79. The summed E-state index contributed by atoms with van der Waals surface area (Å²) in [6, 6.07) is -0.528. The van der Waals surface area contributed by atoms with Crippen LogP contribution < -0.4 is 0 Å². The Bertz CT molecular complexity index is 656. The standard InChI is InChI=1S/C18H22N2O4/c1-6-8-19-10-14(21)20(17(19)23)11-24-16(22)15-13(18(15,4)5)9-12(3)7-2/h1,7,9,13,15H,2,8,10-11H2,3-5H3/b12-9+/t13-,15+/m1/s1. The Morgan fingerprint density at radius 2 is 2.17 bits per heavy atom. The van der Waals surface area contributed by atoms with Gasteiger partial charge in [-0.3, -0.25) is 9.59 Å². The van der Waals surface area contributed by atoms with Crippen LogP contribution in [0.1, 0.15) is 20.8 Å². The fraction of sp³-hybridized carbons (Fsp3) is 0.500. The highest BCUT2D eigenvalue weighted by Gasteiger charge is 2.61. The first kappa shape index (κ1) is 17.8. The molecule has 2 fully saturated rings. The van der Waals surface area contributed by atoms with Gasteiger partial charge in [0, 0.05) is 0 Å². The summed E-state index contributed by atoms with van der Waals surface area (Å²) >= 11 is 0. The lowest BCUT2D eigenvalue weighted by Crippen LogP contribution is -2.36. The normalized spacial score (nSPS) is 25.5. The fourth-order valence-electron chi connectivity index (χ4n) is 2.96. The van der Waals surface area contributed by atoms with Crippen LogP contribution in [0.2, 0.25) is 0 Å². The van der Waals surface area contributed by atoms with Crippen LogP contribution in [-0.4, -0.2) is 47.5 Å². The highest BCUT2D eigenvalue weighted by atomic mass is 16.5. The number of hydrogen-bond donors (Lipinski definition) is 0. The van der Waals surface area contributed by atoms with Crippen molar-refractivity contribution in [3.8, 4) is 12.3 Å². The molecule has 2 aliphatic rings. The molecule has 0 aromatic heterocycles. The van der Waals surface area contributed by atoms with Crippen LogP contribution in [0.15, 0.2) is 24.3 Å². The van der Waals surface area contributed by atoms with E-state index in [1.54, 1.807) is 6.08 Å². The van der Waals surface area contributed by atoms with E-state index in [1.165, 1.54) is 4.90 Å². The second-order valence-corrected chi connectivity index (χ2v) is 6.70. The van der Waals surface area contributed by atoms with Crippen molar-refractivity contribution in [3.05, 3.63) is 24.3 Å². The van der Waals surface area contributed by atoms with E-state index in [0.29, 0.717) is 0 Å². The SMILES string of the molecule is C#CCN1CC(=O)N(COC(=O)[C@@H]2[C@@H](/C=C(\C)C=C)C2(C)C)C1=O. The Labute approximate surface area is 142 Å². The van der Waals surface area contributed by atoms with Gasteiger partial charge in [0.15, 0.2) is 6.73 Å². The van der Waals surface area contributed by atoms with E-state index < -0.39 is 17.9 Å². The van der Waals surface area contributed by atoms with Gasteiger partial charge in [-0.25, -0.2) is 9.69 Å². The first-order chi connectivity index (χ1) is 11.2. The molecule has 0 bridgehead atoms. The van der Waals surface area contributed by atoms with Gasteiger partial charge in [0.1, 0.15) is 6.54 Å². The molecule has 0 N–H and O–H groups in total. The number of allylic oxidation sites excluding steroid dienone is 3. The lowest BCUT2D eigenvalue weighted by Gasteiger charge is -2.15. The molecule has 0 aromatic carbocycles. The van der Waals surface area contributed by atoms with E-state index in [-0.39, 0.29) is 37.1 Å². The molecule has 1 aliphatic heterocycles. The minimum absolute atomic E-state index is 0.0539. The molecule has 1 saturated carbocycles. The predicted molar refractivity (Wildman–Crippen MR) is 88.3 cm³/mol. The number of amides is 3. The van der Waals surface area contributed by atoms with Crippen LogP contribution in [-0.2, 0) is 14.3 Å². The average molecular weight is 330 g/mol. The van der Waals surface area contributed by atoms with Crippen molar-refractivity contribution < 1.29 is 19.1 Å².